The molecule has 1 aliphatic heterocycles. The van der Waals surface area contributed by atoms with Crippen LogP contribution in [0.15, 0.2) is 22.5 Å². The maximum atomic E-state index is 6.22. The maximum Gasteiger partial charge on any atom is 0.193 e. The number of nitrogens with one attached hydrogen (secondary N) is 1. The lowest BCUT2D eigenvalue weighted by Gasteiger charge is -2.34. The number of likely N-dealkylation sites (tertiary alicyclic amines) is 1. The number of nitrogens with zero attached hydrogens (tertiary/aromatic N) is 2. The van der Waals surface area contributed by atoms with Gasteiger partial charge in [-0.15, -0.1) is 11.3 Å². The van der Waals surface area contributed by atoms with Gasteiger partial charge in [0, 0.05) is 37.0 Å². The van der Waals surface area contributed by atoms with Gasteiger partial charge in [0.05, 0.1) is 12.6 Å². The van der Waals surface area contributed by atoms with Crippen molar-refractivity contribution < 1.29 is 4.74 Å². The summed E-state index contributed by atoms with van der Waals surface area (Å²) in [6.45, 7) is 9.27. The van der Waals surface area contributed by atoms with Crippen LogP contribution in [-0.2, 0) is 4.74 Å². The van der Waals surface area contributed by atoms with E-state index in [0.29, 0.717) is 12.0 Å². The average Bonchev–Trinajstić information content (AvgIpc) is 3.37. The van der Waals surface area contributed by atoms with Crippen LogP contribution >= 0.6 is 11.3 Å². The zero-order valence-corrected chi connectivity index (χ0v) is 17.3. The number of ether oxygens (including phenoxy) is 1. The monoisotopic (exact) mass is 377 g/mol. The van der Waals surface area contributed by atoms with Crippen LogP contribution in [0.5, 0.6) is 0 Å². The highest BCUT2D eigenvalue weighted by atomic mass is 32.1. The molecule has 2 heterocycles. The summed E-state index contributed by atoms with van der Waals surface area (Å²) < 4.78 is 6.22. The normalized spacial score (nSPS) is 21.3. The van der Waals surface area contributed by atoms with Gasteiger partial charge in [-0.1, -0.05) is 25.8 Å². The first-order valence-corrected chi connectivity index (χ1v) is 11.3. The van der Waals surface area contributed by atoms with Crippen molar-refractivity contribution in [1.82, 2.24) is 10.2 Å². The number of thiophene rings is 1. The van der Waals surface area contributed by atoms with Crippen molar-refractivity contribution in [2.75, 3.05) is 32.8 Å². The molecule has 1 unspecified atom stereocenters. The van der Waals surface area contributed by atoms with Crippen molar-refractivity contribution in [3.05, 3.63) is 22.4 Å². The van der Waals surface area contributed by atoms with E-state index >= 15 is 0 Å². The van der Waals surface area contributed by atoms with Crippen LogP contribution in [0.3, 0.4) is 0 Å². The summed E-state index contributed by atoms with van der Waals surface area (Å²) in [7, 11) is 0. The standard InChI is InChI=1S/C21H35N3OS/c1-3-22-21(23-15-17(2)20-9-6-14-26-20)24-12-10-19(11-13-24)25-16-18-7-4-5-8-18/h6,9,14,17-19H,3-5,7-8,10-13,15-16H2,1-2H3,(H,22,23). The van der Waals surface area contributed by atoms with Crippen molar-refractivity contribution in [1.29, 1.82) is 0 Å². The molecule has 1 N–H and O–H groups in total. The molecule has 3 rings (SSSR count). The van der Waals surface area contributed by atoms with E-state index in [2.05, 4.69) is 41.6 Å². The molecule has 0 bridgehead atoms. The SMILES string of the molecule is CCNC(=NCC(C)c1cccs1)N1CCC(OCC2CCCC2)CC1. The van der Waals surface area contributed by atoms with Crippen molar-refractivity contribution >= 4 is 17.3 Å². The van der Waals surface area contributed by atoms with Gasteiger partial charge in [-0.3, -0.25) is 4.99 Å². The van der Waals surface area contributed by atoms with E-state index in [1.54, 1.807) is 0 Å². The molecule has 1 saturated heterocycles. The van der Waals surface area contributed by atoms with Crippen molar-refractivity contribution in [3.8, 4) is 0 Å². The molecule has 1 aromatic heterocycles. The predicted octanol–water partition coefficient (Wildman–Crippen LogP) is 4.49. The number of hydrogen-bond acceptors (Lipinski definition) is 3. The van der Waals surface area contributed by atoms with Crippen LogP contribution in [0, 0.1) is 5.92 Å². The Morgan fingerprint density at radius 1 is 1.31 bits per heavy atom. The van der Waals surface area contributed by atoms with Gasteiger partial charge in [-0.05, 0) is 50.0 Å². The Morgan fingerprint density at radius 3 is 2.73 bits per heavy atom. The van der Waals surface area contributed by atoms with E-state index in [0.717, 1.165) is 57.5 Å². The third kappa shape index (κ3) is 5.71. The van der Waals surface area contributed by atoms with Crippen molar-refractivity contribution in [2.24, 2.45) is 10.9 Å². The van der Waals surface area contributed by atoms with Gasteiger partial charge in [0.15, 0.2) is 5.96 Å². The van der Waals surface area contributed by atoms with Crippen LogP contribution in [0.4, 0.5) is 0 Å². The number of piperidine rings is 1. The van der Waals surface area contributed by atoms with Gasteiger partial charge in [-0.2, -0.15) is 0 Å². The van der Waals surface area contributed by atoms with Crippen LogP contribution in [0.25, 0.3) is 0 Å². The van der Waals surface area contributed by atoms with Gasteiger partial charge in [0.1, 0.15) is 0 Å². The minimum Gasteiger partial charge on any atom is -0.378 e. The van der Waals surface area contributed by atoms with Crippen molar-refractivity contribution in [3.63, 3.8) is 0 Å². The molecule has 146 valence electrons. The summed E-state index contributed by atoms with van der Waals surface area (Å²) in [6.07, 6.45) is 8.24. The zero-order chi connectivity index (χ0) is 18.2. The quantitative estimate of drug-likeness (QED) is 0.562. The number of rotatable bonds is 7. The van der Waals surface area contributed by atoms with Crippen LogP contribution < -0.4 is 5.32 Å². The Hall–Kier alpha value is -1.07. The molecule has 2 aliphatic rings. The van der Waals surface area contributed by atoms with E-state index in [1.807, 2.05) is 11.3 Å². The van der Waals surface area contributed by atoms with Gasteiger partial charge in [0.25, 0.3) is 0 Å². The molecule has 0 spiro atoms. The second kappa shape index (κ2) is 10.3. The molecule has 5 heteroatoms. The first-order valence-electron chi connectivity index (χ1n) is 10.4. The molecule has 0 radical (unpaired) electrons. The Kier molecular flexibility index (Phi) is 7.81. The Morgan fingerprint density at radius 2 is 2.08 bits per heavy atom. The number of guanidine groups is 1. The average molecular weight is 378 g/mol. The summed E-state index contributed by atoms with van der Waals surface area (Å²) in [6, 6.07) is 4.34. The van der Waals surface area contributed by atoms with Crippen molar-refractivity contribution in [2.45, 2.75) is 64.4 Å². The lowest BCUT2D eigenvalue weighted by molar-refractivity contribution is 0.00101. The lowest BCUT2D eigenvalue weighted by Crippen LogP contribution is -2.47. The summed E-state index contributed by atoms with van der Waals surface area (Å²) in [4.78, 5) is 8.76. The topological polar surface area (TPSA) is 36.9 Å². The predicted molar refractivity (Wildman–Crippen MR) is 111 cm³/mol. The van der Waals surface area contributed by atoms with E-state index in [9.17, 15) is 0 Å². The fraction of sp³-hybridized carbons (Fsp3) is 0.762. The Bertz CT molecular complexity index is 531. The second-order valence-corrected chi connectivity index (χ2v) is 8.76. The fourth-order valence-electron chi connectivity index (χ4n) is 3.99. The molecular formula is C21H35N3OS. The van der Waals surface area contributed by atoms with Crippen LogP contribution in [0.2, 0.25) is 0 Å². The lowest BCUT2D eigenvalue weighted by atomic mass is 10.1. The number of aliphatic imine (C=N–C) groups is 1. The summed E-state index contributed by atoms with van der Waals surface area (Å²) in [5.41, 5.74) is 0. The first kappa shape index (κ1) is 19.7. The van der Waals surface area contributed by atoms with E-state index in [4.69, 9.17) is 9.73 Å². The highest BCUT2D eigenvalue weighted by Crippen LogP contribution is 2.26. The summed E-state index contributed by atoms with van der Waals surface area (Å²) in [5.74, 6) is 2.38. The second-order valence-electron chi connectivity index (χ2n) is 7.78. The summed E-state index contributed by atoms with van der Waals surface area (Å²) in [5, 5.41) is 5.63. The number of hydrogen-bond donors (Lipinski definition) is 1. The molecular weight excluding hydrogens is 342 g/mol. The van der Waals surface area contributed by atoms with Crippen LogP contribution in [-0.4, -0.2) is 49.7 Å². The zero-order valence-electron chi connectivity index (χ0n) is 16.5. The highest BCUT2D eigenvalue weighted by Gasteiger charge is 2.24. The molecule has 1 atom stereocenters. The largest absolute Gasteiger partial charge is 0.378 e. The molecule has 1 aliphatic carbocycles. The summed E-state index contributed by atoms with van der Waals surface area (Å²) >= 11 is 1.83. The smallest absolute Gasteiger partial charge is 0.193 e. The molecule has 26 heavy (non-hydrogen) atoms. The maximum absolute atomic E-state index is 6.22. The molecule has 0 aromatic carbocycles. The van der Waals surface area contributed by atoms with E-state index in [1.165, 1.54) is 30.6 Å². The van der Waals surface area contributed by atoms with Gasteiger partial charge in [0.2, 0.25) is 0 Å². The molecule has 0 amide bonds. The minimum absolute atomic E-state index is 0.444. The Labute approximate surface area is 163 Å². The Balaban J connectivity index is 1.45. The molecule has 4 nitrogen and oxygen atoms in total. The molecule has 2 fully saturated rings. The first-order chi connectivity index (χ1) is 12.8. The molecule has 1 saturated carbocycles. The van der Waals surface area contributed by atoms with E-state index < -0.39 is 0 Å². The highest BCUT2D eigenvalue weighted by molar-refractivity contribution is 7.10. The third-order valence-corrected chi connectivity index (χ3v) is 6.77. The third-order valence-electron chi connectivity index (χ3n) is 5.66. The van der Waals surface area contributed by atoms with E-state index in [-0.39, 0.29) is 0 Å². The fourth-order valence-corrected chi connectivity index (χ4v) is 4.77. The van der Waals surface area contributed by atoms with Gasteiger partial charge >= 0.3 is 0 Å². The van der Waals surface area contributed by atoms with Crippen LogP contribution in [0.1, 0.15) is 63.2 Å². The molecule has 1 aromatic rings. The minimum atomic E-state index is 0.444. The van der Waals surface area contributed by atoms with Gasteiger partial charge < -0.3 is 15.0 Å². The van der Waals surface area contributed by atoms with Gasteiger partial charge in [-0.25, -0.2) is 0 Å².